The Morgan fingerprint density at radius 3 is 2.24 bits per heavy atom. The first-order chi connectivity index (χ1) is 14.0. The van der Waals surface area contributed by atoms with Crippen molar-refractivity contribution in [2.75, 3.05) is 26.2 Å². The van der Waals surface area contributed by atoms with Gasteiger partial charge in [0, 0.05) is 17.8 Å². The fraction of sp³-hybridized carbons (Fsp3) is 0.360. The SMILES string of the molecule is CCN(CC)CCOc1ccc(C(O)(Cc2ccc(C)cc2)c2cccs2)cc1. The zero-order valence-corrected chi connectivity index (χ0v) is 18.4. The largest absolute Gasteiger partial charge is 0.492 e. The highest BCUT2D eigenvalue weighted by Gasteiger charge is 2.33. The summed E-state index contributed by atoms with van der Waals surface area (Å²) in [5.41, 5.74) is 2.17. The van der Waals surface area contributed by atoms with Gasteiger partial charge in [-0.1, -0.05) is 61.9 Å². The maximum atomic E-state index is 11.7. The number of benzene rings is 2. The van der Waals surface area contributed by atoms with E-state index >= 15 is 0 Å². The van der Waals surface area contributed by atoms with Crippen LogP contribution in [0.1, 0.15) is 35.4 Å². The third-order valence-corrected chi connectivity index (χ3v) is 6.43. The second-order valence-electron chi connectivity index (χ2n) is 7.40. The fourth-order valence-corrected chi connectivity index (χ4v) is 4.35. The Morgan fingerprint density at radius 1 is 0.966 bits per heavy atom. The minimum Gasteiger partial charge on any atom is -0.492 e. The number of ether oxygens (including phenoxy) is 1. The maximum Gasteiger partial charge on any atom is 0.128 e. The summed E-state index contributed by atoms with van der Waals surface area (Å²) >= 11 is 1.59. The summed E-state index contributed by atoms with van der Waals surface area (Å²) in [4.78, 5) is 3.29. The average molecular weight is 410 g/mol. The lowest BCUT2D eigenvalue weighted by atomic mass is 9.85. The number of hydrogen-bond donors (Lipinski definition) is 1. The van der Waals surface area contributed by atoms with Crippen molar-refractivity contribution in [1.29, 1.82) is 0 Å². The van der Waals surface area contributed by atoms with Crippen LogP contribution in [-0.4, -0.2) is 36.2 Å². The molecule has 3 rings (SSSR count). The Morgan fingerprint density at radius 2 is 1.66 bits per heavy atom. The molecule has 29 heavy (non-hydrogen) atoms. The van der Waals surface area contributed by atoms with Gasteiger partial charge in [-0.2, -0.15) is 0 Å². The lowest BCUT2D eigenvalue weighted by Crippen LogP contribution is -2.29. The van der Waals surface area contributed by atoms with Crippen LogP contribution in [0.5, 0.6) is 5.75 Å². The molecule has 1 N–H and O–H groups in total. The molecule has 1 unspecified atom stereocenters. The molecule has 0 saturated heterocycles. The van der Waals surface area contributed by atoms with Gasteiger partial charge in [0.15, 0.2) is 0 Å². The molecule has 1 heterocycles. The van der Waals surface area contributed by atoms with Crippen LogP contribution in [-0.2, 0) is 12.0 Å². The van der Waals surface area contributed by atoms with E-state index in [0.29, 0.717) is 13.0 Å². The summed E-state index contributed by atoms with van der Waals surface area (Å²) in [6.45, 7) is 10.1. The minimum atomic E-state index is -1.05. The molecule has 0 fully saturated rings. The Labute approximate surface area is 178 Å². The van der Waals surface area contributed by atoms with E-state index in [1.165, 1.54) is 5.56 Å². The van der Waals surface area contributed by atoms with E-state index in [-0.39, 0.29) is 0 Å². The summed E-state index contributed by atoms with van der Waals surface area (Å²) in [7, 11) is 0. The van der Waals surface area contributed by atoms with Crippen LogP contribution in [0, 0.1) is 6.92 Å². The van der Waals surface area contributed by atoms with Gasteiger partial charge in [0.1, 0.15) is 18.0 Å². The molecule has 0 radical (unpaired) electrons. The summed E-state index contributed by atoms with van der Waals surface area (Å²) < 4.78 is 5.91. The van der Waals surface area contributed by atoms with Gasteiger partial charge in [-0.25, -0.2) is 0 Å². The molecule has 0 amide bonds. The lowest BCUT2D eigenvalue weighted by Gasteiger charge is -2.28. The third-order valence-electron chi connectivity index (χ3n) is 5.41. The maximum absolute atomic E-state index is 11.7. The zero-order chi connectivity index (χ0) is 20.7. The van der Waals surface area contributed by atoms with Crippen molar-refractivity contribution in [1.82, 2.24) is 4.90 Å². The number of nitrogens with zero attached hydrogens (tertiary/aromatic N) is 1. The van der Waals surface area contributed by atoms with E-state index in [4.69, 9.17) is 4.74 Å². The quantitative estimate of drug-likeness (QED) is 0.496. The van der Waals surface area contributed by atoms with Crippen LogP contribution in [0.15, 0.2) is 66.0 Å². The molecule has 0 aliphatic carbocycles. The van der Waals surface area contributed by atoms with Crippen LogP contribution < -0.4 is 4.74 Å². The number of aliphatic hydroxyl groups is 1. The minimum absolute atomic E-state index is 0.538. The van der Waals surface area contributed by atoms with Gasteiger partial charge in [-0.05, 0) is 54.7 Å². The number of aryl methyl sites for hydroxylation is 1. The standard InChI is InChI=1S/C25H31NO2S/c1-4-26(5-2)16-17-28-23-14-12-22(13-15-23)25(27,24-7-6-18-29-24)19-21-10-8-20(3)9-11-21/h6-15,18,27H,4-5,16-17,19H2,1-3H3. The predicted molar refractivity (Wildman–Crippen MR) is 122 cm³/mol. The van der Waals surface area contributed by atoms with Crippen LogP contribution in [0.3, 0.4) is 0 Å². The smallest absolute Gasteiger partial charge is 0.128 e. The first-order valence-electron chi connectivity index (χ1n) is 10.3. The molecule has 154 valence electrons. The van der Waals surface area contributed by atoms with Gasteiger partial charge < -0.3 is 14.7 Å². The topological polar surface area (TPSA) is 32.7 Å². The monoisotopic (exact) mass is 409 g/mol. The first kappa shape index (κ1) is 21.6. The number of hydrogen-bond acceptors (Lipinski definition) is 4. The fourth-order valence-electron chi connectivity index (χ4n) is 3.51. The summed E-state index contributed by atoms with van der Waals surface area (Å²) in [6, 6.07) is 20.3. The normalized spacial score (nSPS) is 13.4. The van der Waals surface area contributed by atoms with Gasteiger partial charge in [0.05, 0.1) is 0 Å². The molecule has 3 nitrogen and oxygen atoms in total. The molecule has 0 spiro atoms. The molecule has 0 bridgehead atoms. The van der Waals surface area contributed by atoms with E-state index in [0.717, 1.165) is 41.4 Å². The summed E-state index contributed by atoms with van der Waals surface area (Å²) in [6.07, 6.45) is 0.538. The van der Waals surface area contributed by atoms with Crippen molar-refractivity contribution < 1.29 is 9.84 Å². The molecule has 4 heteroatoms. The average Bonchev–Trinajstić information content (AvgIpc) is 3.29. The second-order valence-corrected chi connectivity index (χ2v) is 8.35. The third kappa shape index (κ3) is 5.47. The molecule has 0 aliphatic rings. The van der Waals surface area contributed by atoms with E-state index in [1.54, 1.807) is 11.3 Å². The van der Waals surface area contributed by atoms with E-state index in [9.17, 15) is 5.11 Å². The highest BCUT2D eigenvalue weighted by Crippen LogP contribution is 2.36. The van der Waals surface area contributed by atoms with Crippen molar-refractivity contribution in [2.45, 2.75) is 32.8 Å². The second kappa shape index (κ2) is 10.1. The summed E-state index contributed by atoms with van der Waals surface area (Å²) in [5, 5.41) is 13.7. The lowest BCUT2D eigenvalue weighted by molar-refractivity contribution is 0.0849. The van der Waals surface area contributed by atoms with E-state index in [2.05, 4.69) is 49.9 Å². The molecule has 0 aliphatic heterocycles. The van der Waals surface area contributed by atoms with E-state index < -0.39 is 5.60 Å². The van der Waals surface area contributed by atoms with Gasteiger partial charge in [-0.3, -0.25) is 0 Å². The van der Waals surface area contributed by atoms with Crippen molar-refractivity contribution in [2.24, 2.45) is 0 Å². The predicted octanol–water partition coefficient (Wildman–Crippen LogP) is 5.26. The van der Waals surface area contributed by atoms with Gasteiger partial charge in [0.25, 0.3) is 0 Å². The Balaban J connectivity index is 1.77. The molecular formula is C25H31NO2S. The van der Waals surface area contributed by atoms with Crippen molar-refractivity contribution in [3.8, 4) is 5.75 Å². The Kier molecular flexibility index (Phi) is 7.48. The van der Waals surface area contributed by atoms with Gasteiger partial charge >= 0.3 is 0 Å². The van der Waals surface area contributed by atoms with Gasteiger partial charge in [-0.15, -0.1) is 11.3 Å². The zero-order valence-electron chi connectivity index (χ0n) is 17.6. The molecule has 3 aromatic rings. The van der Waals surface area contributed by atoms with Crippen LogP contribution in [0.4, 0.5) is 0 Å². The molecule has 1 aromatic heterocycles. The Hall–Kier alpha value is -2.14. The van der Waals surface area contributed by atoms with Crippen molar-refractivity contribution in [3.05, 3.63) is 87.6 Å². The number of likely N-dealkylation sites (N-methyl/N-ethyl adjacent to an activating group) is 1. The molecular weight excluding hydrogens is 378 g/mol. The van der Waals surface area contributed by atoms with Crippen molar-refractivity contribution >= 4 is 11.3 Å². The summed E-state index contributed by atoms with van der Waals surface area (Å²) in [5.74, 6) is 0.838. The van der Waals surface area contributed by atoms with Crippen LogP contribution in [0.2, 0.25) is 0 Å². The van der Waals surface area contributed by atoms with Crippen LogP contribution >= 0.6 is 11.3 Å². The highest BCUT2D eigenvalue weighted by molar-refractivity contribution is 7.10. The molecule has 0 saturated carbocycles. The number of thiophene rings is 1. The first-order valence-corrected chi connectivity index (χ1v) is 11.2. The number of rotatable bonds is 10. The van der Waals surface area contributed by atoms with Gasteiger partial charge in [0.2, 0.25) is 0 Å². The van der Waals surface area contributed by atoms with E-state index in [1.807, 2.05) is 41.8 Å². The van der Waals surface area contributed by atoms with Crippen molar-refractivity contribution in [3.63, 3.8) is 0 Å². The Bertz CT molecular complexity index is 855. The molecule has 2 aromatic carbocycles. The van der Waals surface area contributed by atoms with Crippen LogP contribution in [0.25, 0.3) is 0 Å². The molecule has 1 atom stereocenters. The highest BCUT2D eigenvalue weighted by atomic mass is 32.1.